The molecule has 0 bridgehead atoms. The lowest BCUT2D eigenvalue weighted by molar-refractivity contribution is -0.117. The van der Waals surface area contributed by atoms with Gasteiger partial charge in [-0.1, -0.05) is 24.3 Å². The lowest BCUT2D eigenvalue weighted by Gasteiger charge is -2.10. The number of amides is 3. The van der Waals surface area contributed by atoms with Crippen LogP contribution in [0.1, 0.15) is 24.0 Å². The molecule has 0 unspecified atom stereocenters. The van der Waals surface area contributed by atoms with E-state index in [0.717, 1.165) is 35.9 Å². The molecular weight excluding hydrogens is 392 g/mol. The molecule has 8 nitrogen and oxygen atoms in total. The van der Waals surface area contributed by atoms with E-state index in [1.165, 1.54) is 0 Å². The van der Waals surface area contributed by atoms with Crippen molar-refractivity contribution in [3.63, 3.8) is 0 Å². The second-order valence-electron chi connectivity index (χ2n) is 7.07. The van der Waals surface area contributed by atoms with Gasteiger partial charge in [-0.3, -0.25) is 9.52 Å². The van der Waals surface area contributed by atoms with Gasteiger partial charge in [0.1, 0.15) is 0 Å². The number of carbonyl (C=O) groups excluding carboxylic acids is 2. The van der Waals surface area contributed by atoms with Gasteiger partial charge in [-0.25, -0.2) is 13.2 Å². The summed E-state index contributed by atoms with van der Waals surface area (Å²) in [5.41, 5.74) is 2.87. The highest BCUT2D eigenvalue weighted by Gasteiger charge is 2.29. The molecule has 154 valence electrons. The zero-order valence-electron chi connectivity index (χ0n) is 16.1. The van der Waals surface area contributed by atoms with Crippen LogP contribution in [0, 0.1) is 5.92 Å². The molecule has 3 rings (SSSR count). The van der Waals surface area contributed by atoms with Crippen LogP contribution in [-0.2, 0) is 27.9 Å². The predicted octanol–water partition coefficient (Wildman–Crippen LogP) is 2.41. The molecule has 1 aliphatic carbocycles. The molecule has 0 atom stereocenters. The van der Waals surface area contributed by atoms with Crippen molar-refractivity contribution in [2.24, 2.45) is 5.92 Å². The maximum Gasteiger partial charge on any atom is 0.315 e. The Labute approximate surface area is 170 Å². The number of hydrogen-bond acceptors (Lipinski definition) is 4. The zero-order valence-corrected chi connectivity index (χ0v) is 16.9. The molecule has 0 aliphatic heterocycles. The Hall–Kier alpha value is -3.07. The van der Waals surface area contributed by atoms with Crippen molar-refractivity contribution in [3.05, 3.63) is 59.7 Å². The van der Waals surface area contributed by atoms with E-state index in [1.54, 1.807) is 24.3 Å². The number of urea groups is 1. The van der Waals surface area contributed by atoms with Crippen LogP contribution in [0.4, 0.5) is 16.2 Å². The molecule has 0 heterocycles. The molecule has 0 radical (unpaired) electrons. The van der Waals surface area contributed by atoms with E-state index in [4.69, 9.17) is 0 Å². The van der Waals surface area contributed by atoms with Crippen LogP contribution < -0.4 is 20.7 Å². The van der Waals surface area contributed by atoms with E-state index in [2.05, 4.69) is 20.7 Å². The summed E-state index contributed by atoms with van der Waals surface area (Å²) in [6.07, 6.45) is 3.00. The number of sulfonamides is 1. The number of hydrogen-bond donors (Lipinski definition) is 4. The van der Waals surface area contributed by atoms with Gasteiger partial charge in [-0.15, -0.1) is 0 Å². The van der Waals surface area contributed by atoms with Gasteiger partial charge in [-0.05, 0) is 48.2 Å². The Morgan fingerprint density at radius 1 is 0.931 bits per heavy atom. The highest BCUT2D eigenvalue weighted by molar-refractivity contribution is 7.92. The minimum Gasteiger partial charge on any atom is -0.334 e. The SMILES string of the molecule is CS(=O)(=O)Nc1cccc(CNC(=O)NCc2ccc(NC(=O)C3CC3)cc2)c1. The maximum absolute atomic E-state index is 12.0. The largest absolute Gasteiger partial charge is 0.334 e. The van der Waals surface area contributed by atoms with Gasteiger partial charge in [-0.2, -0.15) is 0 Å². The summed E-state index contributed by atoms with van der Waals surface area (Å²) in [6, 6.07) is 13.8. The van der Waals surface area contributed by atoms with Crippen LogP contribution in [0.2, 0.25) is 0 Å². The number of benzene rings is 2. The quantitative estimate of drug-likeness (QED) is 0.529. The Balaban J connectivity index is 1.43. The minimum atomic E-state index is -3.35. The molecule has 4 N–H and O–H groups in total. The van der Waals surface area contributed by atoms with Crippen LogP contribution in [0.3, 0.4) is 0 Å². The Kier molecular flexibility index (Phi) is 6.38. The van der Waals surface area contributed by atoms with Crippen LogP contribution in [0.25, 0.3) is 0 Å². The highest BCUT2D eigenvalue weighted by Crippen LogP contribution is 2.30. The van der Waals surface area contributed by atoms with E-state index in [0.29, 0.717) is 12.2 Å². The number of nitrogens with one attached hydrogen (secondary N) is 4. The van der Waals surface area contributed by atoms with Crippen molar-refractivity contribution in [3.8, 4) is 0 Å². The second-order valence-corrected chi connectivity index (χ2v) is 8.82. The Morgan fingerprint density at radius 3 is 2.21 bits per heavy atom. The summed E-state index contributed by atoms with van der Waals surface area (Å²) < 4.78 is 25.0. The summed E-state index contributed by atoms with van der Waals surface area (Å²) in [6.45, 7) is 0.607. The van der Waals surface area contributed by atoms with Crippen LogP contribution in [-0.4, -0.2) is 26.6 Å². The molecule has 29 heavy (non-hydrogen) atoms. The zero-order chi connectivity index (χ0) is 20.9. The number of carbonyl (C=O) groups is 2. The van der Waals surface area contributed by atoms with Gasteiger partial charge in [0.2, 0.25) is 15.9 Å². The van der Waals surface area contributed by atoms with Crippen LogP contribution in [0.5, 0.6) is 0 Å². The van der Waals surface area contributed by atoms with Gasteiger partial charge in [0.15, 0.2) is 0 Å². The van der Waals surface area contributed by atoms with Gasteiger partial charge in [0.25, 0.3) is 0 Å². The third-order valence-electron chi connectivity index (χ3n) is 4.31. The molecular formula is C20H24N4O4S. The molecule has 0 aromatic heterocycles. The molecule has 1 aliphatic rings. The molecule has 9 heteroatoms. The first-order chi connectivity index (χ1) is 13.8. The molecule has 2 aromatic rings. The Bertz CT molecular complexity index is 986. The van der Waals surface area contributed by atoms with E-state index >= 15 is 0 Å². The lowest BCUT2D eigenvalue weighted by Crippen LogP contribution is -2.34. The summed E-state index contributed by atoms with van der Waals surface area (Å²) >= 11 is 0. The van der Waals surface area contributed by atoms with Crippen molar-refractivity contribution in [1.29, 1.82) is 0 Å². The van der Waals surface area contributed by atoms with E-state index in [1.807, 2.05) is 24.3 Å². The fourth-order valence-corrected chi connectivity index (χ4v) is 3.24. The highest BCUT2D eigenvalue weighted by atomic mass is 32.2. The summed E-state index contributed by atoms with van der Waals surface area (Å²) in [5.74, 6) is 0.217. The third-order valence-corrected chi connectivity index (χ3v) is 4.91. The fraction of sp³-hybridized carbons (Fsp3) is 0.300. The molecule has 1 saturated carbocycles. The molecule has 3 amide bonds. The first-order valence-electron chi connectivity index (χ1n) is 9.27. The van der Waals surface area contributed by atoms with Crippen molar-refractivity contribution >= 4 is 33.3 Å². The van der Waals surface area contributed by atoms with Gasteiger partial charge in [0.05, 0.1) is 6.26 Å². The standard InChI is InChI=1S/C20H24N4O4S/c1-29(27,28)24-18-4-2-3-15(11-18)13-22-20(26)21-12-14-5-9-17(10-6-14)23-19(25)16-7-8-16/h2-6,9-11,16,24H,7-8,12-13H2,1H3,(H,23,25)(H2,21,22,26). The topological polar surface area (TPSA) is 116 Å². The van der Waals surface area contributed by atoms with Gasteiger partial charge in [0, 0.05) is 30.4 Å². The van der Waals surface area contributed by atoms with Crippen molar-refractivity contribution in [2.75, 3.05) is 16.3 Å². The average Bonchev–Trinajstić information content (AvgIpc) is 3.50. The van der Waals surface area contributed by atoms with E-state index in [-0.39, 0.29) is 24.4 Å². The van der Waals surface area contributed by atoms with E-state index < -0.39 is 10.0 Å². The van der Waals surface area contributed by atoms with Gasteiger partial charge >= 0.3 is 6.03 Å². The average molecular weight is 417 g/mol. The summed E-state index contributed by atoms with van der Waals surface area (Å²) in [5, 5.41) is 8.37. The summed E-state index contributed by atoms with van der Waals surface area (Å²) in [4.78, 5) is 23.7. The maximum atomic E-state index is 12.0. The lowest BCUT2D eigenvalue weighted by atomic mass is 10.2. The third kappa shape index (κ3) is 7.11. The minimum absolute atomic E-state index is 0.0612. The summed E-state index contributed by atoms with van der Waals surface area (Å²) in [7, 11) is -3.35. The normalized spacial score (nSPS) is 13.4. The van der Waals surface area contributed by atoms with Crippen molar-refractivity contribution < 1.29 is 18.0 Å². The fourth-order valence-electron chi connectivity index (χ4n) is 2.68. The number of rotatable bonds is 8. The smallest absolute Gasteiger partial charge is 0.315 e. The first kappa shape index (κ1) is 20.7. The monoisotopic (exact) mass is 416 g/mol. The first-order valence-corrected chi connectivity index (χ1v) is 11.2. The molecule has 0 saturated heterocycles. The van der Waals surface area contributed by atoms with Crippen LogP contribution in [0.15, 0.2) is 48.5 Å². The molecule has 1 fully saturated rings. The predicted molar refractivity (Wildman–Crippen MR) is 112 cm³/mol. The van der Waals surface area contributed by atoms with Crippen LogP contribution >= 0.6 is 0 Å². The molecule has 2 aromatic carbocycles. The molecule has 0 spiro atoms. The number of anilines is 2. The van der Waals surface area contributed by atoms with E-state index in [9.17, 15) is 18.0 Å². The Morgan fingerprint density at radius 2 is 1.59 bits per heavy atom. The second kappa shape index (κ2) is 8.95. The van der Waals surface area contributed by atoms with Crippen molar-refractivity contribution in [1.82, 2.24) is 10.6 Å². The van der Waals surface area contributed by atoms with Gasteiger partial charge < -0.3 is 16.0 Å². The van der Waals surface area contributed by atoms with Crippen molar-refractivity contribution in [2.45, 2.75) is 25.9 Å².